The van der Waals surface area contributed by atoms with Crippen LogP contribution in [0, 0.1) is 11.8 Å². The standard InChI is InChI=1S/C20H39NO3/c1-5-6-9-18(4)20(22)21-12-10-19(11-13-21)24-16-15-23-14-7-8-17(2)3/h17-19H,5-16H2,1-4H3. The summed E-state index contributed by atoms with van der Waals surface area (Å²) in [6.45, 7) is 12.6. The molecule has 1 heterocycles. The Hall–Kier alpha value is -0.610. The predicted octanol–water partition coefficient (Wildman–Crippen LogP) is 4.27. The first-order valence-electron chi connectivity index (χ1n) is 10.0. The molecule has 1 amide bonds. The number of ether oxygens (including phenoxy) is 2. The Balaban J connectivity index is 2.06. The number of piperidine rings is 1. The lowest BCUT2D eigenvalue weighted by Gasteiger charge is -2.33. The molecule has 0 bridgehead atoms. The topological polar surface area (TPSA) is 38.8 Å². The molecule has 1 unspecified atom stereocenters. The molecule has 0 aromatic rings. The summed E-state index contributed by atoms with van der Waals surface area (Å²) in [6, 6.07) is 0. The van der Waals surface area contributed by atoms with Gasteiger partial charge in [0.1, 0.15) is 0 Å². The van der Waals surface area contributed by atoms with E-state index < -0.39 is 0 Å². The van der Waals surface area contributed by atoms with Crippen molar-refractivity contribution in [3.63, 3.8) is 0 Å². The van der Waals surface area contributed by atoms with Crippen molar-refractivity contribution in [3.05, 3.63) is 0 Å². The summed E-state index contributed by atoms with van der Waals surface area (Å²) in [6.07, 6.45) is 7.88. The first-order chi connectivity index (χ1) is 11.5. The molecule has 0 N–H and O–H groups in total. The van der Waals surface area contributed by atoms with E-state index in [0.29, 0.717) is 25.2 Å². The summed E-state index contributed by atoms with van der Waals surface area (Å²) < 4.78 is 11.5. The second-order valence-corrected chi connectivity index (χ2v) is 7.59. The Morgan fingerprint density at radius 2 is 1.75 bits per heavy atom. The maximum atomic E-state index is 12.4. The molecule has 0 saturated carbocycles. The average molecular weight is 342 g/mol. The van der Waals surface area contributed by atoms with Gasteiger partial charge in [-0.1, -0.05) is 40.5 Å². The molecule has 0 aliphatic carbocycles. The van der Waals surface area contributed by atoms with E-state index in [0.717, 1.165) is 64.1 Å². The van der Waals surface area contributed by atoms with Gasteiger partial charge >= 0.3 is 0 Å². The minimum absolute atomic E-state index is 0.168. The highest BCUT2D eigenvalue weighted by molar-refractivity contribution is 5.78. The zero-order chi connectivity index (χ0) is 17.8. The normalized spacial score (nSPS) is 17.5. The second kappa shape index (κ2) is 12.7. The first kappa shape index (κ1) is 21.4. The van der Waals surface area contributed by atoms with Crippen LogP contribution in [0.4, 0.5) is 0 Å². The Bertz CT molecular complexity index is 325. The molecule has 0 aromatic carbocycles. The number of hydrogen-bond donors (Lipinski definition) is 0. The molecule has 1 aliphatic rings. The lowest BCUT2D eigenvalue weighted by Crippen LogP contribution is -2.43. The van der Waals surface area contributed by atoms with Crippen LogP contribution < -0.4 is 0 Å². The van der Waals surface area contributed by atoms with Gasteiger partial charge in [0.15, 0.2) is 0 Å². The molecule has 0 aromatic heterocycles. The van der Waals surface area contributed by atoms with E-state index in [1.54, 1.807) is 0 Å². The largest absolute Gasteiger partial charge is 0.379 e. The third-order valence-corrected chi connectivity index (χ3v) is 4.82. The maximum Gasteiger partial charge on any atom is 0.225 e. The van der Waals surface area contributed by atoms with Crippen molar-refractivity contribution in [1.82, 2.24) is 4.90 Å². The molecule has 1 saturated heterocycles. The fraction of sp³-hybridized carbons (Fsp3) is 0.950. The Morgan fingerprint density at radius 1 is 1.04 bits per heavy atom. The summed E-state index contributed by atoms with van der Waals surface area (Å²) in [5.41, 5.74) is 0. The molecule has 4 heteroatoms. The molecule has 1 aliphatic heterocycles. The van der Waals surface area contributed by atoms with Crippen LogP contribution in [0.1, 0.15) is 72.6 Å². The fourth-order valence-corrected chi connectivity index (χ4v) is 3.16. The number of amides is 1. The van der Waals surface area contributed by atoms with Gasteiger partial charge in [-0.2, -0.15) is 0 Å². The first-order valence-corrected chi connectivity index (χ1v) is 10.0. The SMILES string of the molecule is CCCCC(C)C(=O)N1CCC(OCCOCCCC(C)C)CC1. The molecule has 1 atom stereocenters. The van der Waals surface area contributed by atoms with E-state index >= 15 is 0 Å². The van der Waals surface area contributed by atoms with Crippen molar-refractivity contribution in [2.24, 2.45) is 11.8 Å². The van der Waals surface area contributed by atoms with Gasteiger partial charge in [-0.25, -0.2) is 0 Å². The van der Waals surface area contributed by atoms with E-state index in [1.807, 2.05) is 4.90 Å². The van der Waals surface area contributed by atoms with Crippen LogP contribution >= 0.6 is 0 Å². The summed E-state index contributed by atoms with van der Waals surface area (Å²) in [5.74, 6) is 1.25. The van der Waals surface area contributed by atoms with Crippen LogP contribution in [0.25, 0.3) is 0 Å². The second-order valence-electron chi connectivity index (χ2n) is 7.59. The summed E-state index contributed by atoms with van der Waals surface area (Å²) in [5, 5.41) is 0. The van der Waals surface area contributed by atoms with Gasteiger partial charge in [-0.15, -0.1) is 0 Å². The Labute approximate surface area is 149 Å². The molecule has 4 nitrogen and oxygen atoms in total. The third kappa shape index (κ3) is 9.03. The molecule has 24 heavy (non-hydrogen) atoms. The lowest BCUT2D eigenvalue weighted by molar-refractivity contribution is -0.138. The van der Waals surface area contributed by atoms with Gasteiger partial charge in [-0.05, 0) is 38.0 Å². The number of carbonyl (C=O) groups excluding carboxylic acids is 1. The Morgan fingerprint density at radius 3 is 2.38 bits per heavy atom. The van der Waals surface area contributed by atoms with Crippen LogP contribution in [0.2, 0.25) is 0 Å². The van der Waals surface area contributed by atoms with Gasteiger partial charge in [0.2, 0.25) is 5.91 Å². The quantitative estimate of drug-likeness (QED) is 0.498. The van der Waals surface area contributed by atoms with E-state index in [-0.39, 0.29) is 5.92 Å². The highest BCUT2D eigenvalue weighted by Gasteiger charge is 2.25. The van der Waals surface area contributed by atoms with Crippen LogP contribution in [0.5, 0.6) is 0 Å². The van der Waals surface area contributed by atoms with Gasteiger partial charge < -0.3 is 14.4 Å². The summed E-state index contributed by atoms with van der Waals surface area (Å²) >= 11 is 0. The highest BCUT2D eigenvalue weighted by atomic mass is 16.5. The highest BCUT2D eigenvalue weighted by Crippen LogP contribution is 2.18. The van der Waals surface area contributed by atoms with E-state index in [1.165, 1.54) is 6.42 Å². The lowest BCUT2D eigenvalue weighted by atomic mass is 10.0. The van der Waals surface area contributed by atoms with Crippen molar-refractivity contribution in [3.8, 4) is 0 Å². The van der Waals surface area contributed by atoms with E-state index in [4.69, 9.17) is 9.47 Å². The molecular formula is C20H39NO3. The number of rotatable bonds is 12. The van der Waals surface area contributed by atoms with Crippen molar-refractivity contribution in [1.29, 1.82) is 0 Å². The summed E-state index contributed by atoms with van der Waals surface area (Å²) in [7, 11) is 0. The predicted molar refractivity (Wildman–Crippen MR) is 99.1 cm³/mol. The third-order valence-electron chi connectivity index (χ3n) is 4.82. The molecular weight excluding hydrogens is 302 g/mol. The molecule has 1 fully saturated rings. The number of hydrogen-bond acceptors (Lipinski definition) is 3. The van der Waals surface area contributed by atoms with E-state index in [2.05, 4.69) is 27.7 Å². The molecule has 0 spiro atoms. The number of carbonyl (C=O) groups is 1. The van der Waals surface area contributed by atoms with Crippen molar-refractivity contribution >= 4 is 5.91 Å². The van der Waals surface area contributed by atoms with Crippen LogP contribution in [-0.4, -0.2) is 49.8 Å². The number of nitrogens with zero attached hydrogens (tertiary/aromatic N) is 1. The minimum Gasteiger partial charge on any atom is -0.379 e. The van der Waals surface area contributed by atoms with Crippen molar-refractivity contribution in [2.75, 3.05) is 32.9 Å². The van der Waals surface area contributed by atoms with Gasteiger partial charge in [0, 0.05) is 25.6 Å². The van der Waals surface area contributed by atoms with Crippen LogP contribution in [0.3, 0.4) is 0 Å². The number of unbranched alkanes of at least 4 members (excludes halogenated alkanes) is 1. The average Bonchev–Trinajstić information content (AvgIpc) is 2.58. The van der Waals surface area contributed by atoms with Crippen LogP contribution in [0.15, 0.2) is 0 Å². The summed E-state index contributed by atoms with van der Waals surface area (Å²) in [4.78, 5) is 14.4. The van der Waals surface area contributed by atoms with Gasteiger partial charge in [-0.3, -0.25) is 4.79 Å². The minimum atomic E-state index is 0.168. The van der Waals surface area contributed by atoms with Crippen LogP contribution in [-0.2, 0) is 14.3 Å². The Kier molecular flexibility index (Phi) is 11.4. The molecule has 142 valence electrons. The fourth-order valence-electron chi connectivity index (χ4n) is 3.16. The smallest absolute Gasteiger partial charge is 0.225 e. The van der Waals surface area contributed by atoms with Crippen molar-refractivity contribution in [2.45, 2.75) is 78.7 Å². The van der Waals surface area contributed by atoms with Gasteiger partial charge in [0.05, 0.1) is 19.3 Å². The maximum absolute atomic E-state index is 12.4. The molecule has 1 rings (SSSR count). The van der Waals surface area contributed by atoms with Crippen molar-refractivity contribution < 1.29 is 14.3 Å². The van der Waals surface area contributed by atoms with E-state index in [9.17, 15) is 4.79 Å². The zero-order valence-corrected chi connectivity index (χ0v) is 16.4. The molecule has 0 radical (unpaired) electrons. The van der Waals surface area contributed by atoms with Gasteiger partial charge in [0.25, 0.3) is 0 Å². The monoisotopic (exact) mass is 341 g/mol. The zero-order valence-electron chi connectivity index (χ0n) is 16.4. The number of likely N-dealkylation sites (tertiary alicyclic amines) is 1.